The number of halogens is 2. The normalized spacial score (nSPS) is 14.0. The number of aromatic nitrogens is 3. The average molecular weight is 596 g/mol. The van der Waals surface area contributed by atoms with Gasteiger partial charge in [0, 0.05) is 37.3 Å². The van der Waals surface area contributed by atoms with E-state index in [4.69, 9.17) is 9.15 Å². The summed E-state index contributed by atoms with van der Waals surface area (Å²) in [6.45, 7) is 9.96. The second-order valence-electron chi connectivity index (χ2n) is 12.0. The van der Waals surface area contributed by atoms with Gasteiger partial charge in [0.05, 0.1) is 17.8 Å². The predicted molar refractivity (Wildman–Crippen MR) is 154 cm³/mol. The molecule has 1 aromatic carbocycles. The van der Waals surface area contributed by atoms with Crippen molar-refractivity contribution in [2.75, 3.05) is 20.1 Å². The van der Waals surface area contributed by atoms with Crippen LogP contribution in [0.15, 0.2) is 47.0 Å². The van der Waals surface area contributed by atoms with Crippen molar-refractivity contribution >= 4 is 23.9 Å². The molecule has 0 bridgehead atoms. The summed E-state index contributed by atoms with van der Waals surface area (Å²) in [6.07, 6.45) is 1.50. The van der Waals surface area contributed by atoms with Gasteiger partial charge in [-0.05, 0) is 75.9 Å². The molecule has 0 N–H and O–H groups in total. The van der Waals surface area contributed by atoms with Crippen LogP contribution in [0.2, 0.25) is 0 Å². The van der Waals surface area contributed by atoms with Crippen LogP contribution < -0.4 is 0 Å². The number of pyridine rings is 1. The first-order valence-electron chi connectivity index (χ1n) is 13.8. The Bertz CT molecular complexity index is 1530. The number of carbonyl (C=O) groups excluding carboxylic acids is 3. The van der Waals surface area contributed by atoms with Crippen molar-refractivity contribution in [2.24, 2.45) is 0 Å². The number of aldehydes is 1. The molecule has 1 aliphatic heterocycles. The molecule has 0 fully saturated rings. The van der Waals surface area contributed by atoms with E-state index in [0.717, 1.165) is 17.4 Å². The van der Waals surface area contributed by atoms with Crippen molar-refractivity contribution in [3.8, 4) is 11.5 Å². The number of carbonyl (C=O) groups is 3. The Labute approximate surface area is 248 Å². The molecule has 0 saturated heterocycles. The van der Waals surface area contributed by atoms with Crippen LogP contribution in [0, 0.1) is 0 Å². The summed E-state index contributed by atoms with van der Waals surface area (Å²) < 4.78 is 36.0. The quantitative estimate of drug-likeness (QED) is 0.298. The minimum Gasteiger partial charge on any atom is -0.444 e. The molecule has 0 radical (unpaired) electrons. The lowest BCUT2D eigenvalue weighted by Gasteiger charge is -2.30. The third-order valence-electron chi connectivity index (χ3n) is 6.92. The van der Waals surface area contributed by atoms with Gasteiger partial charge in [0.2, 0.25) is 5.89 Å². The van der Waals surface area contributed by atoms with E-state index in [0.29, 0.717) is 41.9 Å². The fourth-order valence-corrected chi connectivity index (χ4v) is 4.57. The van der Waals surface area contributed by atoms with Crippen LogP contribution in [0.1, 0.15) is 80.5 Å². The molecular formula is C31H35F2N5O5. The second kappa shape index (κ2) is 12.4. The number of nitrogens with zero attached hydrogens (tertiary/aromatic N) is 5. The maximum atomic E-state index is 13.8. The molecule has 3 heterocycles. The van der Waals surface area contributed by atoms with E-state index >= 15 is 0 Å². The van der Waals surface area contributed by atoms with E-state index in [1.807, 2.05) is 32.9 Å². The molecule has 2 aromatic heterocycles. The number of hydrogen-bond donors (Lipinski definition) is 0. The molecule has 4 rings (SSSR count). The van der Waals surface area contributed by atoms with E-state index in [1.54, 1.807) is 50.1 Å². The summed E-state index contributed by atoms with van der Waals surface area (Å²) in [5, 5.41) is 6.94. The zero-order valence-electron chi connectivity index (χ0n) is 25.1. The van der Waals surface area contributed by atoms with Crippen molar-refractivity contribution < 1.29 is 32.3 Å². The topological polar surface area (TPSA) is 119 Å². The number of hydrogen-bond acceptors (Lipinski definition) is 8. The van der Waals surface area contributed by atoms with E-state index in [2.05, 4.69) is 15.2 Å². The van der Waals surface area contributed by atoms with Crippen LogP contribution in [0.4, 0.5) is 13.6 Å². The first kappa shape index (κ1) is 31.5. The van der Waals surface area contributed by atoms with E-state index < -0.39 is 23.3 Å². The molecule has 0 spiro atoms. The summed E-state index contributed by atoms with van der Waals surface area (Å²) in [4.78, 5) is 45.7. The summed E-state index contributed by atoms with van der Waals surface area (Å²) >= 11 is 0. The molecule has 2 amide bonds. The minimum atomic E-state index is -2.87. The van der Waals surface area contributed by atoms with Gasteiger partial charge in [0.25, 0.3) is 11.8 Å². The van der Waals surface area contributed by atoms with E-state index in [9.17, 15) is 23.2 Å². The fourth-order valence-electron chi connectivity index (χ4n) is 4.57. The van der Waals surface area contributed by atoms with Gasteiger partial charge in [-0.15, -0.1) is 10.2 Å². The van der Waals surface area contributed by atoms with Gasteiger partial charge < -0.3 is 23.7 Å². The largest absolute Gasteiger partial charge is 0.444 e. The van der Waals surface area contributed by atoms with E-state index in [-0.39, 0.29) is 24.4 Å². The molecule has 0 saturated carbocycles. The highest BCUT2D eigenvalue weighted by atomic mass is 19.3. The van der Waals surface area contributed by atoms with Crippen molar-refractivity contribution in [1.82, 2.24) is 25.0 Å². The summed E-state index contributed by atoms with van der Waals surface area (Å²) in [5.41, 5.74) is 2.19. The number of alkyl halides is 2. The minimum absolute atomic E-state index is 0.0810. The highest BCUT2D eigenvalue weighted by Crippen LogP contribution is 2.31. The summed E-state index contributed by atoms with van der Waals surface area (Å²) in [6, 6.07) is 8.73. The van der Waals surface area contributed by atoms with Crippen molar-refractivity contribution in [3.63, 3.8) is 0 Å². The predicted octanol–water partition coefficient (Wildman–Crippen LogP) is 5.84. The Morgan fingerprint density at radius 3 is 2.40 bits per heavy atom. The number of amides is 2. The molecule has 0 unspecified atom stereocenters. The Morgan fingerprint density at radius 1 is 1.12 bits per heavy atom. The first-order valence-corrected chi connectivity index (χ1v) is 13.8. The van der Waals surface area contributed by atoms with Crippen LogP contribution in [-0.2, 0) is 21.5 Å². The Hall–Kier alpha value is -4.48. The van der Waals surface area contributed by atoms with Crippen molar-refractivity contribution in [2.45, 2.75) is 65.0 Å². The summed E-state index contributed by atoms with van der Waals surface area (Å²) in [7, 11) is 1.63. The number of benzene rings is 1. The maximum absolute atomic E-state index is 13.8. The van der Waals surface area contributed by atoms with Gasteiger partial charge in [0.1, 0.15) is 11.9 Å². The Kier molecular flexibility index (Phi) is 9.07. The summed E-state index contributed by atoms with van der Waals surface area (Å²) in [5.74, 6) is -1.16. The second-order valence-corrected chi connectivity index (χ2v) is 12.0. The third-order valence-corrected chi connectivity index (χ3v) is 6.92. The van der Waals surface area contributed by atoms with Crippen LogP contribution in [-0.4, -0.2) is 69.0 Å². The van der Waals surface area contributed by atoms with Crippen LogP contribution in [0.25, 0.3) is 17.0 Å². The van der Waals surface area contributed by atoms with Gasteiger partial charge in [-0.1, -0.05) is 18.2 Å². The van der Waals surface area contributed by atoms with Gasteiger partial charge in [-0.3, -0.25) is 9.78 Å². The van der Waals surface area contributed by atoms with Gasteiger partial charge in [-0.25, -0.2) is 4.79 Å². The molecule has 43 heavy (non-hydrogen) atoms. The monoisotopic (exact) mass is 595 g/mol. The molecule has 1 aliphatic rings. The zero-order chi connectivity index (χ0) is 31.5. The third kappa shape index (κ3) is 7.49. The van der Waals surface area contributed by atoms with Crippen LogP contribution in [0.3, 0.4) is 0 Å². The maximum Gasteiger partial charge on any atom is 0.410 e. The Balaban J connectivity index is 1.54. The van der Waals surface area contributed by atoms with Crippen molar-refractivity contribution in [3.05, 3.63) is 70.9 Å². The molecule has 0 atom stereocenters. The fraction of sp³-hybridized carbons (Fsp3) is 0.419. The molecule has 12 heteroatoms. The molecule has 228 valence electrons. The average Bonchev–Trinajstić information content (AvgIpc) is 3.47. The lowest BCUT2D eigenvalue weighted by molar-refractivity contribution is -0.111. The van der Waals surface area contributed by atoms with Crippen LogP contribution in [0.5, 0.6) is 0 Å². The molecule has 0 aliphatic carbocycles. The highest BCUT2D eigenvalue weighted by molar-refractivity contribution is 5.98. The van der Waals surface area contributed by atoms with Gasteiger partial charge in [-0.2, -0.15) is 8.78 Å². The lowest BCUT2D eigenvalue weighted by Crippen LogP contribution is -2.39. The Morgan fingerprint density at radius 2 is 1.84 bits per heavy atom. The first-order chi connectivity index (χ1) is 20.2. The van der Waals surface area contributed by atoms with Gasteiger partial charge in [0.15, 0.2) is 0 Å². The zero-order valence-corrected chi connectivity index (χ0v) is 25.1. The number of rotatable bonds is 8. The molecular weight excluding hydrogens is 560 g/mol. The molecule has 3 aromatic rings. The van der Waals surface area contributed by atoms with Crippen molar-refractivity contribution in [1.29, 1.82) is 0 Å². The van der Waals surface area contributed by atoms with E-state index in [1.165, 1.54) is 11.1 Å². The lowest BCUT2D eigenvalue weighted by atomic mass is 9.81. The van der Waals surface area contributed by atoms with Gasteiger partial charge >= 0.3 is 12.5 Å². The highest BCUT2D eigenvalue weighted by Gasteiger charge is 2.29. The SMILES string of the molecule is CN(Cc1ccc(-c2nnc(C(F)F)o2)cn1)C(=O)c1cc(C2=CCN(C(=O)OC(C)(C)C)CC2)ccc1C(C)(C)C=O. The standard InChI is InChI=1S/C31H35F2N5O5/c1-30(2,3)43-29(41)38-13-11-19(12-14-38)20-8-10-24(31(4,5)18-39)23(15-20)28(40)37(6)17-22-9-7-21(16-34-22)26-35-36-27(42-26)25(32)33/h7-11,15-16,18,25H,12-14,17H2,1-6H3. The molecule has 10 nitrogen and oxygen atoms in total. The smallest absolute Gasteiger partial charge is 0.410 e. The number of ether oxygens (including phenoxy) is 1. The van der Waals surface area contributed by atoms with Crippen LogP contribution >= 0.6 is 0 Å².